The second-order valence-electron chi connectivity index (χ2n) is 5.93. The molecule has 0 spiro atoms. The van der Waals surface area contributed by atoms with E-state index in [0.29, 0.717) is 22.8 Å². The number of hydrogen-bond donors (Lipinski definition) is 2. The minimum absolute atomic E-state index is 0.131. The predicted octanol–water partition coefficient (Wildman–Crippen LogP) is 5.47. The molecule has 0 radical (unpaired) electrons. The fraction of sp³-hybridized carbons (Fsp3) is 0.0952. The Hall–Kier alpha value is -3.48. The standard InChI is InChI=1S/C21H17F3N2O2/c22-21(23,24)15-5-4-6-18(13-15)25-16-9-11-17(12-10-16)26-20(27)14-28-19-7-2-1-3-8-19/h1-13,25H,14H2,(H,26,27). The van der Waals surface area contributed by atoms with Crippen LogP contribution in [0.1, 0.15) is 5.56 Å². The number of carbonyl (C=O) groups excluding carboxylic acids is 1. The average molecular weight is 386 g/mol. The van der Waals surface area contributed by atoms with Crippen molar-refractivity contribution in [2.24, 2.45) is 0 Å². The Bertz CT molecular complexity index is 926. The number of carbonyl (C=O) groups is 1. The Labute approximate surface area is 160 Å². The second kappa shape index (κ2) is 8.47. The highest BCUT2D eigenvalue weighted by Gasteiger charge is 2.30. The molecule has 0 atom stereocenters. The van der Waals surface area contributed by atoms with Gasteiger partial charge >= 0.3 is 6.18 Å². The second-order valence-corrected chi connectivity index (χ2v) is 5.93. The van der Waals surface area contributed by atoms with Gasteiger partial charge in [0.2, 0.25) is 0 Å². The van der Waals surface area contributed by atoms with Gasteiger partial charge in [-0.05, 0) is 54.6 Å². The van der Waals surface area contributed by atoms with Gasteiger partial charge in [0.05, 0.1) is 5.56 Å². The van der Waals surface area contributed by atoms with E-state index in [1.54, 1.807) is 42.5 Å². The zero-order valence-corrected chi connectivity index (χ0v) is 14.7. The Morgan fingerprint density at radius 3 is 2.18 bits per heavy atom. The van der Waals surface area contributed by atoms with Crippen molar-refractivity contribution in [1.82, 2.24) is 0 Å². The summed E-state index contributed by atoms with van der Waals surface area (Å²) in [6, 6.07) is 20.5. The lowest BCUT2D eigenvalue weighted by atomic mass is 10.2. The fourth-order valence-electron chi connectivity index (χ4n) is 2.44. The molecule has 2 N–H and O–H groups in total. The van der Waals surface area contributed by atoms with Crippen LogP contribution in [0.25, 0.3) is 0 Å². The largest absolute Gasteiger partial charge is 0.484 e. The number of halogens is 3. The molecule has 0 heterocycles. The maximum atomic E-state index is 12.8. The summed E-state index contributed by atoms with van der Waals surface area (Å²) in [5.41, 5.74) is 0.747. The van der Waals surface area contributed by atoms with E-state index in [2.05, 4.69) is 10.6 Å². The molecule has 144 valence electrons. The van der Waals surface area contributed by atoms with Gasteiger partial charge in [-0.1, -0.05) is 24.3 Å². The predicted molar refractivity (Wildman–Crippen MR) is 102 cm³/mol. The van der Waals surface area contributed by atoms with Gasteiger partial charge in [0.15, 0.2) is 6.61 Å². The van der Waals surface area contributed by atoms with Crippen molar-refractivity contribution in [1.29, 1.82) is 0 Å². The first-order valence-corrected chi connectivity index (χ1v) is 8.42. The van der Waals surface area contributed by atoms with Gasteiger partial charge in [-0.15, -0.1) is 0 Å². The lowest BCUT2D eigenvalue weighted by molar-refractivity contribution is -0.137. The molecule has 0 unspecified atom stereocenters. The highest BCUT2D eigenvalue weighted by atomic mass is 19.4. The minimum Gasteiger partial charge on any atom is -0.484 e. The van der Waals surface area contributed by atoms with Crippen LogP contribution in [0.4, 0.5) is 30.2 Å². The summed E-state index contributed by atoms with van der Waals surface area (Å²) in [5, 5.41) is 5.60. The van der Waals surface area contributed by atoms with Crippen LogP contribution in [0.15, 0.2) is 78.9 Å². The number of anilines is 3. The molecule has 1 amide bonds. The van der Waals surface area contributed by atoms with Crippen molar-refractivity contribution >= 4 is 23.0 Å². The summed E-state index contributed by atoms with van der Waals surface area (Å²) in [5.74, 6) is 0.278. The third kappa shape index (κ3) is 5.51. The monoisotopic (exact) mass is 386 g/mol. The number of nitrogens with one attached hydrogen (secondary N) is 2. The number of alkyl halides is 3. The van der Waals surface area contributed by atoms with Crippen LogP contribution >= 0.6 is 0 Å². The Morgan fingerprint density at radius 2 is 1.50 bits per heavy atom. The Morgan fingerprint density at radius 1 is 0.821 bits per heavy atom. The van der Waals surface area contributed by atoms with Gasteiger partial charge in [0.25, 0.3) is 5.91 Å². The maximum Gasteiger partial charge on any atom is 0.416 e. The van der Waals surface area contributed by atoms with Crippen LogP contribution in [0, 0.1) is 0 Å². The number of para-hydroxylation sites is 1. The lowest BCUT2D eigenvalue weighted by Crippen LogP contribution is -2.20. The molecule has 0 bridgehead atoms. The van der Waals surface area contributed by atoms with Crippen molar-refractivity contribution < 1.29 is 22.7 Å². The molecular formula is C21H17F3N2O2. The van der Waals surface area contributed by atoms with Crippen LogP contribution in [-0.4, -0.2) is 12.5 Å². The molecule has 0 aliphatic heterocycles. The molecule has 7 heteroatoms. The fourth-order valence-corrected chi connectivity index (χ4v) is 2.44. The van der Waals surface area contributed by atoms with Gasteiger partial charge in [-0.25, -0.2) is 0 Å². The first-order chi connectivity index (χ1) is 13.4. The third-order valence-corrected chi connectivity index (χ3v) is 3.76. The smallest absolute Gasteiger partial charge is 0.416 e. The molecule has 3 aromatic carbocycles. The van der Waals surface area contributed by atoms with E-state index < -0.39 is 11.7 Å². The van der Waals surface area contributed by atoms with Gasteiger partial charge in [-0.3, -0.25) is 4.79 Å². The molecule has 0 aromatic heterocycles. The number of hydrogen-bond acceptors (Lipinski definition) is 3. The highest BCUT2D eigenvalue weighted by molar-refractivity contribution is 5.92. The van der Waals surface area contributed by atoms with E-state index in [1.165, 1.54) is 6.07 Å². The number of ether oxygens (including phenoxy) is 1. The number of benzene rings is 3. The minimum atomic E-state index is -4.40. The molecule has 0 aliphatic rings. The van der Waals surface area contributed by atoms with Gasteiger partial charge < -0.3 is 15.4 Å². The summed E-state index contributed by atoms with van der Waals surface area (Å²) in [7, 11) is 0. The van der Waals surface area contributed by atoms with Crippen molar-refractivity contribution in [3.05, 3.63) is 84.4 Å². The Kier molecular flexibility index (Phi) is 5.84. The molecule has 0 fully saturated rings. The van der Waals surface area contributed by atoms with Crippen molar-refractivity contribution in [3.63, 3.8) is 0 Å². The maximum absolute atomic E-state index is 12.8. The molecule has 4 nitrogen and oxygen atoms in total. The highest BCUT2D eigenvalue weighted by Crippen LogP contribution is 2.31. The van der Waals surface area contributed by atoms with E-state index in [-0.39, 0.29) is 12.5 Å². The number of amides is 1. The molecular weight excluding hydrogens is 369 g/mol. The van der Waals surface area contributed by atoms with Crippen LogP contribution in [0.2, 0.25) is 0 Å². The third-order valence-electron chi connectivity index (χ3n) is 3.76. The topological polar surface area (TPSA) is 50.4 Å². The van der Waals surface area contributed by atoms with Crippen LogP contribution < -0.4 is 15.4 Å². The molecule has 0 saturated carbocycles. The molecule has 0 aliphatic carbocycles. The van der Waals surface area contributed by atoms with E-state index in [0.717, 1.165) is 12.1 Å². The SMILES string of the molecule is O=C(COc1ccccc1)Nc1ccc(Nc2cccc(C(F)(F)F)c2)cc1. The molecule has 3 aromatic rings. The van der Waals surface area contributed by atoms with Crippen LogP contribution in [0.5, 0.6) is 5.75 Å². The van der Waals surface area contributed by atoms with Crippen LogP contribution in [0.3, 0.4) is 0 Å². The summed E-state index contributed by atoms with van der Waals surface area (Å²) in [4.78, 5) is 11.9. The zero-order chi connectivity index (χ0) is 20.0. The first kappa shape index (κ1) is 19.3. The number of rotatable bonds is 6. The van der Waals surface area contributed by atoms with E-state index >= 15 is 0 Å². The van der Waals surface area contributed by atoms with Gasteiger partial charge in [-0.2, -0.15) is 13.2 Å². The molecule has 28 heavy (non-hydrogen) atoms. The van der Waals surface area contributed by atoms with Gasteiger partial charge in [0, 0.05) is 17.1 Å². The quantitative estimate of drug-likeness (QED) is 0.591. The van der Waals surface area contributed by atoms with E-state index in [4.69, 9.17) is 4.74 Å². The molecule has 3 rings (SSSR count). The molecule has 0 saturated heterocycles. The van der Waals surface area contributed by atoms with Crippen molar-refractivity contribution in [2.75, 3.05) is 17.2 Å². The van der Waals surface area contributed by atoms with Crippen molar-refractivity contribution in [2.45, 2.75) is 6.18 Å². The summed E-state index contributed by atoms with van der Waals surface area (Å²) < 4.78 is 43.7. The summed E-state index contributed by atoms with van der Waals surface area (Å²) >= 11 is 0. The normalized spacial score (nSPS) is 11.0. The van der Waals surface area contributed by atoms with Crippen molar-refractivity contribution in [3.8, 4) is 5.75 Å². The van der Waals surface area contributed by atoms with Gasteiger partial charge in [0.1, 0.15) is 5.75 Å². The first-order valence-electron chi connectivity index (χ1n) is 8.42. The van der Waals surface area contributed by atoms with E-state index in [1.807, 2.05) is 18.2 Å². The Balaban J connectivity index is 1.55. The average Bonchev–Trinajstić information content (AvgIpc) is 2.68. The zero-order valence-electron chi connectivity index (χ0n) is 14.7. The summed E-state index contributed by atoms with van der Waals surface area (Å²) in [6.07, 6.45) is -4.40. The van der Waals surface area contributed by atoms with E-state index in [9.17, 15) is 18.0 Å². The lowest BCUT2D eigenvalue weighted by Gasteiger charge is -2.11. The van der Waals surface area contributed by atoms with Crippen LogP contribution in [-0.2, 0) is 11.0 Å². The summed E-state index contributed by atoms with van der Waals surface area (Å²) in [6.45, 7) is -0.131.